The molecule has 3 rings (SSSR count). The maximum atomic E-state index is 13.3. The van der Waals surface area contributed by atoms with E-state index in [4.69, 9.17) is 0 Å². The molecule has 2 heterocycles. The summed E-state index contributed by atoms with van der Waals surface area (Å²) in [6.07, 6.45) is 1.82. The van der Waals surface area contributed by atoms with Crippen LogP contribution in [0.25, 0.3) is 0 Å². The number of carbonyl (C=O) groups excluding carboxylic acids is 3. The maximum Gasteiger partial charge on any atom is 0.358 e. The molecule has 0 atom stereocenters. The smallest absolute Gasteiger partial charge is 0.358 e. The van der Waals surface area contributed by atoms with Gasteiger partial charge in [0.25, 0.3) is 11.8 Å². The van der Waals surface area contributed by atoms with Gasteiger partial charge in [0.1, 0.15) is 0 Å². The molecule has 0 unspecified atom stereocenters. The Morgan fingerprint density at radius 2 is 1.80 bits per heavy atom. The predicted molar refractivity (Wildman–Crippen MR) is 84.6 cm³/mol. The highest BCUT2D eigenvalue weighted by atomic mass is 19.1. The van der Waals surface area contributed by atoms with Crippen LogP contribution < -0.4 is 0 Å². The molecule has 0 fully saturated rings. The van der Waals surface area contributed by atoms with Crippen molar-refractivity contribution in [3.8, 4) is 0 Å². The lowest BCUT2D eigenvalue weighted by atomic mass is 10.1. The van der Waals surface area contributed by atoms with Gasteiger partial charge in [0, 0.05) is 6.20 Å². The van der Waals surface area contributed by atoms with E-state index < -0.39 is 17.8 Å². The molecular weight excluding hydrogens is 329 g/mol. The second kappa shape index (κ2) is 6.68. The Hall–Kier alpha value is -3.29. The first kappa shape index (κ1) is 16.6. The Morgan fingerprint density at radius 3 is 2.36 bits per heavy atom. The molecule has 7 nitrogen and oxygen atoms in total. The molecule has 0 spiro atoms. The largest absolute Gasteiger partial charge is 0.464 e. The number of ether oxygens (including phenoxy) is 1. The monoisotopic (exact) mass is 343 g/mol. The molecule has 0 N–H and O–H groups in total. The van der Waals surface area contributed by atoms with E-state index in [1.54, 1.807) is 24.3 Å². The average Bonchev–Trinajstić information content (AvgIpc) is 3.19. The second-order valence-corrected chi connectivity index (χ2v) is 5.40. The minimum absolute atomic E-state index is 0.0130. The fourth-order valence-corrected chi connectivity index (χ4v) is 2.58. The first-order chi connectivity index (χ1) is 12.0. The number of aromatic nitrogens is 2. The zero-order valence-corrected chi connectivity index (χ0v) is 13.3. The lowest BCUT2D eigenvalue weighted by Gasteiger charge is -2.15. The second-order valence-electron chi connectivity index (χ2n) is 5.40. The minimum Gasteiger partial charge on any atom is -0.464 e. The molecule has 0 aliphatic carbocycles. The fraction of sp³-hybridized carbons (Fsp3) is 0.176. The van der Waals surface area contributed by atoms with Crippen molar-refractivity contribution >= 4 is 17.8 Å². The molecule has 0 saturated carbocycles. The van der Waals surface area contributed by atoms with Gasteiger partial charge in [0.2, 0.25) is 0 Å². The van der Waals surface area contributed by atoms with Crippen molar-refractivity contribution in [3.63, 3.8) is 0 Å². The van der Waals surface area contributed by atoms with Crippen molar-refractivity contribution in [2.75, 3.05) is 13.7 Å². The van der Waals surface area contributed by atoms with Crippen LogP contribution in [0.5, 0.6) is 0 Å². The zero-order chi connectivity index (χ0) is 18.0. The molecule has 128 valence electrons. The van der Waals surface area contributed by atoms with Gasteiger partial charge in [-0.1, -0.05) is 12.1 Å². The molecule has 0 radical (unpaired) electrons. The highest BCUT2D eigenvalue weighted by Crippen LogP contribution is 2.23. The molecule has 2 amide bonds. The predicted octanol–water partition coefficient (Wildman–Crippen LogP) is 1.82. The van der Waals surface area contributed by atoms with E-state index in [2.05, 4.69) is 9.84 Å². The van der Waals surface area contributed by atoms with Gasteiger partial charge in [0.15, 0.2) is 5.69 Å². The molecule has 1 aliphatic rings. The molecule has 25 heavy (non-hydrogen) atoms. The third kappa shape index (κ3) is 3.06. The average molecular weight is 343 g/mol. The number of nitrogens with zero attached hydrogens (tertiary/aromatic N) is 3. The lowest BCUT2D eigenvalue weighted by Crippen LogP contribution is -2.32. The van der Waals surface area contributed by atoms with Gasteiger partial charge in [-0.3, -0.25) is 19.2 Å². The first-order valence-corrected chi connectivity index (χ1v) is 7.40. The summed E-state index contributed by atoms with van der Waals surface area (Å²) in [5.41, 5.74) is 0.853. The van der Waals surface area contributed by atoms with Crippen LogP contribution in [0.1, 0.15) is 31.2 Å². The number of esters is 1. The summed E-state index contributed by atoms with van der Waals surface area (Å²) in [4.78, 5) is 37.0. The summed E-state index contributed by atoms with van der Waals surface area (Å²) in [5.74, 6) is -1.53. The van der Waals surface area contributed by atoms with Crippen molar-refractivity contribution in [1.82, 2.24) is 14.7 Å². The molecule has 0 bridgehead atoms. The van der Waals surface area contributed by atoms with Crippen LogP contribution in [0.4, 0.5) is 4.39 Å². The highest BCUT2D eigenvalue weighted by molar-refractivity contribution is 6.21. The van der Waals surface area contributed by atoms with Crippen LogP contribution >= 0.6 is 0 Å². The summed E-state index contributed by atoms with van der Waals surface area (Å²) in [7, 11) is 1.23. The normalized spacial score (nSPS) is 14.0. The van der Waals surface area contributed by atoms with Crippen molar-refractivity contribution in [2.24, 2.45) is 0 Å². The van der Waals surface area contributed by atoms with Gasteiger partial charge in [-0.2, -0.15) is 5.10 Å². The summed E-state index contributed by atoms with van der Waals surface area (Å²) in [5, 5.41) is 3.97. The zero-order valence-electron chi connectivity index (χ0n) is 13.3. The number of amides is 2. The van der Waals surface area contributed by atoms with E-state index >= 15 is 0 Å². The Kier molecular flexibility index (Phi) is 4.42. The van der Waals surface area contributed by atoms with Crippen molar-refractivity contribution < 1.29 is 23.5 Å². The summed E-state index contributed by atoms with van der Waals surface area (Å²) in [6.45, 7) is -0.211. The van der Waals surface area contributed by atoms with E-state index in [1.165, 1.54) is 24.1 Å². The van der Waals surface area contributed by atoms with Crippen LogP contribution in [-0.2, 0) is 11.3 Å². The fourth-order valence-electron chi connectivity index (χ4n) is 2.58. The van der Waals surface area contributed by atoms with Crippen LogP contribution in [0.3, 0.4) is 0 Å². The molecule has 0 saturated heterocycles. The van der Waals surface area contributed by atoms with Gasteiger partial charge in [-0.15, -0.1) is 0 Å². The number of hydrogen-bond acceptors (Lipinski definition) is 5. The minimum atomic E-state index is -0.607. The van der Waals surface area contributed by atoms with Crippen LogP contribution in [0.2, 0.25) is 0 Å². The number of halogens is 1. The SMILES string of the molecule is COC(=O)c1ccn(C/C(=C/F)CN2C(=O)c3ccccc3C2=O)n1. The van der Waals surface area contributed by atoms with Gasteiger partial charge < -0.3 is 4.74 Å². The van der Waals surface area contributed by atoms with Crippen molar-refractivity contribution in [1.29, 1.82) is 0 Å². The summed E-state index contributed by atoms with van der Waals surface area (Å²) < 4.78 is 19.1. The Bertz CT molecular complexity index is 853. The molecular formula is C17H14FN3O4. The van der Waals surface area contributed by atoms with Gasteiger partial charge in [-0.05, 0) is 23.8 Å². The molecule has 1 aromatic heterocycles. The molecule has 8 heteroatoms. The van der Waals surface area contributed by atoms with Crippen LogP contribution in [0.15, 0.2) is 48.4 Å². The van der Waals surface area contributed by atoms with Gasteiger partial charge in [-0.25, -0.2) is 9.18 Å². The third-order valence-corrected chi connectivity index (χ3v) is 3.79. The topological polar surface area (TPSA) is 81.5 Å². The van der Waals surface area contributed by atoms with E-state index in [1.807, 2.05) is 0 Å². The number of imide groups is 1. The number of hydrogen-bond donors (Lipinski definition) is 0. The van der Waals surface area contributed by atoms with E-state index in [-0.39, 0.29) is 24.4 Å². The van der Waals surface area contributed by atoms with Crippen LogP contribution in [0, 0.1) is 0 Å². The van der Waals surface area contributed by atoms with Crippen molar-refractivity contribution in [3.05, 3.63) is 65.3 Å². The summed E-state index contributed by atoms with van der Waals surface area (Å²) in [6, 6.07) is 7.88. The Labute approximate surface area is 142 Å². The lowest BCUT2D eigenvalue weighted by molar-refractivity contribution is 0.0592. The van der Waals surface area contributed by atoms with Gasteiger partial charge in [0.05, 0.1) is 37.7 Å². The Balaban J connectivity index is 1.74. The van der Waals surface area contributed by atoms with Crippen molar-refractivity contribution in [2.45, 2.75) is 6.54 Å². The number of rotatable bonds is 5. The quantitative estimate of drug-likeness (QED) is 0.611. The van der Waals surface area contributed by atoms with Gasteiger partial charge >= 0.3 is 5.97 Å². The Morgan fingerprint density at radius 1 is 1.16 bits per heavy atom. The maximum absolute atomic E-state index is 13.3. The standard InChI is InChI=1S/C17H14FN3O4/c1-25-17(24)14-6-7-20(19-14)9-11(8-18)10-21-15(22)12-4-2-3-5-13(12)16(21)23/h2-8H,9-10H2,1H3/b11-8-. The molecule has 1 aromatic carbocycles. The number of carbonyl (C=O) groups is 3. The van der Waals surface area contributed by atoms with E-state index in [0.29, 0.717) is 17.5 Å². The van der Waals surface area contributed by atoms with Crippen LogP contribution in [-0.4, -0.2) is 46.1 Å². The highest BCUT2D eigenvalue weighted by Gasteiger charge is 2.35. The number of benzene rings is 1. The third-order valence-electron chi connectivity index (χ3n) is 3.79. The van der Waals surface area contributed by atoms with E-state index in [0.717, 1.165) is 4.90 Å². The first-order valence-electron chi connectivity index (χ1n) is 7.40. The number of fused-ring (bicyclic) bond motifs is 1. The molecule has 2 aromatic rings. The number of methoxy groups -OCH3 is 1. The van der Waals surface area contributed by atoms with E-state index in [9.17, 15) is 18.8 Å². The molecule has 1 aliphatic heterocycles. The summed E-state index contributed by atoms with van der Waals surface area (Å²) >= 11 is 0.